The van der Waals surface area contributed by atoms with E-state index in [1.54, 1.807) is 13.2 Å². The van der Waals surface area contributed by atoms with Crippen molar-refractivity contribution in [3.63, 3.8) is 0 Å². The predicted octanol–water partition coefficient (Wildman–Crippen LogP) is 3.71. The maximum Gasteiger partial charge on any atom is 0.334 e. The summed E-state index contributed by atoms with van der Waals surface area (Å²) in [6.07, 6.45) is 7.10. The summed E-state index contributed by atoms with van der Waals surface area (Å²) < 4.78 is 24.6. The van der Waals surface area contributed by atoms with Crippen molar-refractivity contribution in [1.82, 2.24) is 0 Å². The van der Waals surface area contributed by atoms with Gasteiger partial charge in [0.15, 0.2) is 0 Å². The number of rotatable bonds is 2. The second kappa shape index (κ2) is 5.28. The Morgan fingerprint density at radius 1 is 1.29 bits per heavy atom. The molecule has 126 valence electrons. The van der Waals surface area contributed by atoms with E-state index < -0.39 is 0 Å². The highest BCUT2D eigenvalue weighted by Crippen LogP contribution is 2.61. The summed E-state index contributed by atoms with van der Waals surface area (Å²) in [5, 5.41) is 0. The monoisotopic (exact) mass is 328 g/mol. The quantitative estimate of drug-likeness (QED) is 0.613. The molecule has 5 unspecified atom stereocenters. The highest BCUT2D eigenvalue weighted by molar-refractivity contribution is 5.90. The average Bonchev–Trinajstić information content (AvgIpc) is 3.09. The van der Waals surface area contributed by atoms with Gasteiger partial charge in [-0.3, -0.25) is 0 Å². The smallest absolute Gasteiger partial charge is 0.334 e. The summed E-state index contributed by atoms with van der Waals surface area (Å²) in [6, 6.07) is 4.94. The topological polar surface area (TPSA) is 35.5 Å². The van der Waals surface area contributed by atoms with Gasteiger partial charge in [-0.05, 0) is 35.6 Å². The average molecular weight is 328 g/mol. The molecular formula is C20H21FO3. The Morgan fingerprint density at radius 3 is 2.79 bits per heavy atom. The highest BCUT2D eigenvalue weighted by atomic mass is 19.1. The van der Waals surface area contributed by atoms with Crippen molar-refractivity contribution in [2.24, 2.45) is 17.8 Å². The fraction of sp³-hybridized carbons (Fsp3) is 0.450. The normalized spacial score (nSPS) is 35.9. The molecule has 3 nitrogen and oxygen atoms in total. The van der Waals surface area contributed by atoms with Crippen LogP contribution in [0.15, 0.2) is 42.0 Å². The van der Waals surface area contributed by atoms with Gasteiger partial charge in [-0.1, -0.05) is 31.2 Å². The summed E-state index contributed by atoms with van der Waals surface area (Å²) in [7, 11) is 3.08. The van der Waals surface area contributed by atoms with Crippen LogP contribution in [0.25, 0.3) is 0 Å². The van der Waals surface area contributed by atoms with Gasteiger partial charge < -0.3 is 9.47 Å². The summed E-state index contributed by atoms with van der Waals surface area (Å²) in [4.78, 5) is 12.3. The lowest BCUT2D eigenvalue weighted by atomic mass is 9.61. The Bertz CT molecular complexity index is 766. The number of halogens is 1. The molecule has 0 amide bonds. The van der Waals surface area contributed by atoms with E-state index in [2.05, 4.69) is 25.2 Å². The van der Waals surface area contributed by atoms with Crippen LogP contribution in [0.4, 0.5) is 4.39 Å². The van der Waals surface area contributed by atoms with Crippen LogP contribution >= 0.6 is 0 Å². The molecule has 3 aliphatic carbocycles. The van der Waals surface area contributed by atoms with E-state index in [9.17, 15) is 9.18 Å². The van der Waals surface area contributed by atoms with Crippen molar-refractivity contribution in [3.8, 4) is 0 Å². The van der Waals surface area contributed by atoms with E-state index in [0.29, 0.717) is 5.57 Å². The molecule has 3 aliphatic rings. The van der Waals surface area contributed by atoms with Gasteiger partial charge in [-0.2, -0.15) is 0 Å². The van der Waals surface area contributed by atoms with Crippen LogP contribution in [-0.4, -0.2) is 20.2 Å². The second-order valence-electron chi connectivity index (χ2n) is 7.03. The van der Waals surface area contributed by atoms with Crippen LogP contribution in [0.5, 0.6) is 0 Å². The van der Waals surface area contributed by atoms with Gasteiger partial charge in [0.05, 0.1) is 13.2 Å². The first-order chi connectivity index (χ1) is 11.5. The molecule has 5 atom stereocenters. The van der Waals surface area contributed by atoms with Crippen LogP contribution in [-0.2, 0) is 19.7 Å². The van der Waals surface area contributed by atoms with Gasteiger partial charge in [0, 0.05) is 29.9 Å². The molecule has 0 saturated carbocycles. The number of carbonyl (C=O) groups excluding carboxylic acids is 1. The minimum Gasteiger partial charge on any atom is -0.466 e. The standard InChI is InChI=1S/C20H21FO3/c1-11-18(23-2)15-9-14(21)6-7-17(15)20(11)10-16(19(22)24-3)12-4-5-13(20)8-12/h4-7,9-13,18H,8H2,1-3H3. The molecule has 0 heterocycles. The first-order valence-corrected chi connectivity index (χ1v) is 8.35. The number of fused-ring (bicyclic) bond motifs is 5. The van der Waals surface area contributed by atoms with Crippen molar-refractivity contribution >= 4 is 5.97 Å². The minimum atomic E-state index is -0.350. The number of methoxy groups -OCH3 is 2. The second-order valence-corrected chi connectivity index (χ2v) is 7.03. The van der Waals surface area contributed by atoms with Crippen LogP contribution in [0.1, 0.15) is 30.6 Å². The zero-order valence-electron chi connectivity index (χ0n) is 14.1. The number of hydrogen-bond donors (Lipinski definition) is 0. The first-order valence-electron chi connectivity index (χ1n) is 8.35. The van der Waals surface area contributed by atoms with Crippen molar-refractivity contribution in [3.05, 3.63) is 58.9 Å². The largest absolute Gasteiger partial charge is 0.466 e. The van der Waals surface area contributed by atoms with Gasteiger partial charge in [0.2, 0.25) is 0 Å². The molecule has 24 heavy (non-hydrogen) atoms. The molecule has 2 bridgehead atoms. The third-order valence-corrected chi connectivity index (χ3v) is 6.16. The Kier molecular flexibility index (Phi) is 3.43. The number of ether oxygens (including phenoxy) is 2. The zero-order chi connectivity index (χ0) is 17.1. The number of carbonyl (C=O) groups is 1. The molecule has 0 aliphatic heterocycles. The molecule has 0 N–H and O–H groups in total. The number of hydrogen-bond acceptors (Lipinski definition) is 3. The number of allylic oxidation sites excluding steroid dienone is 3. The fourth-order valence-electron chi connectivity index (χ4n) is 5.09. The fourth-order valence-corrected chi connectivity index (χ4v) is 5.09. The maximum absolute atomic E-state index is 13.8. The summed E-state index contributed by atoms with van der Waals surface area (Å²) in [5.74, 6) is -0.0253. The maximum atomic E-state index is 13.8. The van der Waals surface area contributed by atoms with Gasteiger partial charge in [-0.15, -0.1) is 0 Å². The Balaban J connectivity index is 1.97. The van der Waals surface area contributed by atoms with E-state index >= 15 is 0 Å². The van der Waals surface area contributed by atoms with E-state index in [0.717, 1.165) is 17.5 Å². The van der Waals surface area contributed by atoms with Crippen molar-refractivity contribution < 1.29 is 18.7 Å². The van der Waals surface area contributed by atoms with Gasteiger partial charge in [-0.25, -0.2) is 9.18 Å². The molecule has 1 spiro atoms. The molecule has 0 aromatic heterocycles. The van der Waals surface area contributed by atoms with Crippen molar-refractivity contribution in [2.45, 2.75) is 24.9 Å². The number of esters is 1. The number of benzene rings is 1. The van der Waals surface area contributed by atoms with Crippen LogP contribution in [0.2, 0.25) is 0 Å². The SMILES string of the molecule is COC(=O)C1=CC2(c3ccc(F)cc3C(OC)C2C)C2C=CC1C2. The van der Waals surface area contributed by atoms with Crippen LogP contribution < -0.4 is 0 Å². The van der Waals surface area contributed by atoms with Gasteiger partial charge in [0.25, 0.3) is 0 Å². The lowest BCUT2D eigenvalue weighted by Crippen LogP contribution is -2.40. The lowest BCUT2D eigenvalue weighted by Gasteiger charge is -2.42. The Labute approximate surface area is 141 Å². The summed E-state index contributed by atoms with van der Waals surface area (Å²) in [5.41, 5.74) is 2.32. The molecule has 0 saturated heterocycles. The third-order valence-electron chi connectivity index (χ3n) is 6.16. The van der Waals surface area contributed by atoms with Crippen molar-refractivity contribution in [1.29, 1.82) is 0 Å². The Hall–Kier alpha value is -1.94. The third kappa shape index (κ3) is 1.83. The Morgan fingerprint density at radius 2 is 2.08 bits per heavy atom. The lowest BCUT2D eigenvalue weighted by molar-refractivity contribution is -0.136. The van der Waals surface area contributed by atoms with Gasteiger partial charge >= 0.3 is 5.97 Å². The predicted molar refractivity (Wildman–Crippen MR) is 87.8 cm³/mol. The molecule has 0 fully saturated rings. The molecule has 4 heteroatoms. The van der Waals surface area contributed by atoms with E-state index in [1.807, 2.05) is 6.07 Å². The summed E-state index contributed by atoms with van der Waals surface area (Å²) >= 11 is 0. The highest BCUT2D eigenvalue weighted by Gasteiger charge is 2.56. The van der Waals surface area contributed by atoms with E-state index in [4.69, 9.17) is 9.47 Å². The van der Waals surface area contributed by atoms with Crippen LogP contribution in [0.3, 0.4) is 0 Å². The van der Waals surface area contributed by atoms with Crippen LogP contribution in [0, 0.1) is 23.6 Å². The first kappa shape index (κ1) is 15.6. The van der Waals surface area contributed by atoms with Gasteiger partial charge in [0.1, 0.15) is 5.82 Å². The molecule has 1 aromatic carbocycles. The summed E-state index contributed by atoms with van der Waals surface area (Å²) in [6.45, 7) is 2.13. The molecule has 0 radical (unpaired) electrons. The van der Waals surface area contributed by atoms with E-state index in [-0.39, 0.29) is 41.1 Å². The minimum absolute atomic E-state index is 0.104. The zero-order valence-corrected chi connectivity index (χ0v) is 14.1. The van der Waals surface area contributed by atoms with Crippen molar-refractivity contribution in [2.75, 3.05) is 14.2 Å². The molecule has 1 aromatic rings. The molecular weight excluding hydrogens is 307 g/mol. The molecule has 4 rings (SSSR count). The van der Waals surface area contributed by atoms with E-state index in [1.165, 1.54) is 13.2 Å².